The van der Waals surface area contributed by atoms with Gasteiger partial charge in [0.05, 0.1) is 30.2 Å². The van der Waals surface area contributed by atoms with Crippen LogP contribution < -0.4 is 21.7 Å². The van der Waals surface area contributed by atoms with Gasteiger partial charge in [-0.2, -0.15) is 0 Å². The summed E-state index contributed by atoms with van der Waals surface area (Å²) in [6, 6.07) is 4.42. The zero-order valence-electron chi connectivity index (χ0n) is 18.7. The van der Waals surface area contributed by atoms with E-state index >= 15 is 0 Å². The number of hydrogen-bond acceptors (Lipinski definition) is 5. The fraction of sp³-hybridized carbons (Fsp3) is 0.348. The standard InChI is InChI=1S/C23H28N6O4/c1-13-18(12-17-16-4-3-15(26-23(24)32)11-19(16)27-22(17)31)25-14(2)21(13)28-20(30)5-6-29-7-9-33-10-8-29/h3-4,11-12,25H,5-10H2,1-2H3,(H,27,31)(H,28,30)(H3,24,26,32)/b17-12-. The first kappa shape index (κ1) is 22.6. The number of amides is 4. The van der Waals surface area contributed by atoms with Crippen molar-refractivity contribution in [2.24, 2.45) is 5.73 Å². The number of morpholine rings is 1. The van der Waals surface area contributed by atoms with Crippen LogP contribution in [0.4, 0.5) is 21.9 Å². The summed E-state index contributed by atoms with van der Waals surface area (Å²) in [5.41, 5.74) is 10.6. The monoisotopic (exact) mass is 452 g/mol. The molecule has 0 aliphatic carbocycles. The van der Waals surface area contributed by atoms with Gasteiger partial charge in [0.1, 0.15) is 0 Å². The Bertz CT molecular complexity index is 1130. The molecule has 2 aromatic rings. The lowest BCUT2D eigenvalue weighted by atomic mass is 10.0. The smallest absolute Gasteiger partial charge is 0.316 e. The number of aryl methyl sites for hydroxylation is 1. The van der Waals surface area contributed by atoms with Crippen molar-refractivity contribution < 1.29 is 19.1 Å². The molecule has 4 amide bonds. The van der Waals surface area contributed by atoms with E-state index < -0.39 is 6.03 Å². The van der Waals surface area contributed by atoms with E-state index in [9.17, 15) is 14.4 Å². The minimum atomic E-state index is -0.674. The minimum absolute atomic E-state index is 0.0515. The molecule has 0 unspecified atom stereocenters. The first-order chi connectivity index (χ1) is 15.8. The lowest BCUT2D eigenvalue weighted by molar-refractivity contribution is -0.116. The van der Waals surface area contributed by atoms with Crippen LogP contribution in [0.2, 0.25) is 0 Å². The number of nitrogens with one attached hydrogen (secondary N) is 4. The summed E-state index contributed by atoms with van der Waals surface area (Å²) in [6.45, 7) is 7.58. The third-order valence-corrected chi connectivity index (χ3v) is 5.86. The number of rotatable bonds is 6. The molecule has 10 heteroatoms. The van der Waals surface area contributed by atoms with E-state index in [0.717, 1.165) is 41.3 Å². The Morgan fingerprint density at radius 3 is 2.70 bits per heavy atom. The Hall–Kier alpha value is -3.63. The fourth-order valence-electron chi connectivity index (χ4n) is 4.09. The molecule has 3 heterocycles. The Morgan fingerprint density at radius 1 is 1.21 bits per heavy atom. The maximum Gasteiger partial charge on any atom is 0.316 e. The molecule has 1 aromatic heterocycles. The number of ether oxygens (including phenoxy) is 1. The molecule has 0 bridgehead atoms. The molecule has 1 aromatic carbocycles. The molecule has 0 spiro atoms. The van der Waals surface area contributed by atoms with Gasteiger partial charge < -0.3 is 31.4 Å². The lowest BCUT2D eigenvalue weighted by Gasteiger charge is -2.26. The van der Waals surface area contributed by atoms with Crippen LogP contribution >= 0.6 is 0 Å². The predicted molar refractivity (Wildman–Crippen MR) is 127 cm³/mol. The average Bonchev–Trinajstić information content (AvgIpc) is 3.22. The van der Waals surface area contributed by atoms with E-state index in [0.29, 0.717) is 43.1 Å². The van der Waals surface area contributed by atoms with Gasteiger partial charge in [-0.25, -0.2) is 4.79 Å². The number of aromatic amines is 1. The second-order valence-corrected chi connectivity index (χ2v) is 8.18. The molecule has 4 rings (SSSR count). The second-order valence-electron chi connectivity index (χ2n) is 8.18. The van der Waals surface area contributed by atoms with Gasteiger partial charge in [0.25, 0.3) is 5.91 Å². The molecule has 1 saturated heterocycles. The van der Waals surface area contributed by atoms with Crippen LogP contribution in [0.1, 0.15) is 28.9 Å². The lowest BCUT2D eigenvalue weighted by Crippen LogP contribution is -2.38. The number of aromatic nitrogens is 1. The summed E-state index contributed by atoms with van der Waals surface area (Å²) < 4.78 is 5.34. The normalized spacial score (nSPS) is 17.0. The topological polar surface area (TPSA) is 142 Å². The van der Waals surface area contributed by atoms with E-state index in [1.807, 2.05) is 13.8 Å². The average molecular weight is 453 g/mol. The molecule has 0 radical (unpaired) electrons. The van der Waals surface area contributed by atoms with Gasteiger partial charge in [0, 0.05) is 48.7 Å². The number of nitrogens with zero attached hydrogens (tertiary/aromatic N) is 1. The number of carbonyl (C=O) groups is 3. The van der Waals surface area contributed by atoms with Crippen molar-refractivity contribution in [3.8, 4) is 0 Å². The van der Waals surface area contributed by atoms with Crippen LogP contribution in [0, 0.1) is 13.8 Å². The van der Waals surface area contributed by atoms with E-state index in [1.54, 1.807) is 24.3 Å². The number of benzene rings is 1. The van der Waals surface area contributed by atoms with Gasteiger partial charge in [0.15, 0.2) is 0 Å². The zero-order chi connectivity index (χ0) is 23.5. The molecule has 0 atom stereocenters. The largest absolute Gasteiger partial charge is 0.379 e. The van der Waals surface area contributed by atoms with Gasteiger partial charge in [-0.1, -0.05) is 6.07 Å². The Kier molecular flexibility index (Phi) is 6.47. The highest BCUT2D eigenvalue weighted by atomic mass is 16.5. The second kappa shape index (κ2) is 9.47. The molecule has 33 heavy (non-hydrogen) atoms. The number of fused-ring (bicyclic) bond motifs is 1. The molecular weight excluding hydrogens is 424 g/mol. The van der Waals surface area contributed by atoms with Gasteiger partial charge in [-0.15, -0.1) is 0 Å². The van der Waals surface area contributed by atoms with Gasteiger partial charge in [0.2, 0.25) is 5.91 Å². The Labute approximate surface area is 191 Å². The quantitative estimate of drug-likeness (QED) is 0.428. The van der Waals surface area contributed by atoms with Gasteiger partial charge >= 0.3 is 6.03 Å². The molecule has 2 aliphatic heterocycles. The number of primary amides is 1. The van der Waals surface area contributed by atoms with Gasteiger partial charge in [-0.05, 0) is 37.6 Å². The summed E-state index contributed by atoms with van der Waals surface area (Å²) in [7, 11) is 0. The SMILES string of the molecule is Cc1[nH]c(/C=C2\C(=O)Nc3cc(NC(N)=O)ccc32)c(C)c1NC(=O)CCN1CCOCC1. The number of urea groups is 1. The molecule has 174 valence electrons. The maximum atomic E-state index is 12.6. The van der Waals surface area contributed by atoms with Crippen LogP contribution in [-0.2, 0) is 14.3 Å². The van der Waals surface area contributed by atoms with Crippen molar-refractivity contribution in [2.75, 3.05) is 48.8 Å². The van der Waals surface area contributed by atoms with Crippen LogP contribution in [0.3, 0.4) is 0 Å². The van der Waals surface area contributed by atoms with Crippen LogP contribution in [0.25, 0.3) is 11.6 Å². The first-order valence-corrected chi connectivity index (χ1v) is 10.8. The summed E-state index contributed by atoms with van der Waals surface area (Å²) in [4.78, 5) is 41.7. The summed E-state index contributed by atoms with van der Waals surface area (Å²) in [6.07, 6.45) is 2.17. The highest BCUT2D eigenvalue weighted by Gasteiger charge is 2.25. The van der Waals surface area contributed by atoms with E-state index in [1.165, 1.54) is 0 Å². The number of carbonyl (C=O) groups excluding carboxylic acids is 3. The highest BCUT2D eigenvalue weighted by Crippen LogP contribution is 2.36. The number of anilines is 3. The van der Waals surface area contributed by atoms with Crippen molar-refractivity contribution >= 4 is 46.6 Å². The van der Waals surface area contributed by atoms with Crippen molar-refractivity contribution in [3.63, 3.8) is 0 Å². The number of H-pyrrole nitrogens is 1. The fourth-order valence-corrected chi connectivity index (χ4v) is 4.09. The van der Waals surface area contributed by atoms with E-state index in [2.05, 4.69) is 25.8 Å². The number of nitrogens with two attached hydrogens (primary N) is 1. The highest BCUT2D eigenvalue weighted by molar-refractivity contribution is 6.35. The van der Waals surface area contributed by atoms with Crippen molar-refractivity contribution in [2.45, 2.75) is 20.3 Å². The molecular formula is C23H28N6O4. The van der Waals surface area contributed by atoms with Crippen molar-refractivity contribution in [1.29, 1.82) is 0 Å². The third-order valence-electron chi connectivity index (χ3n) is 5.86. The number of hydrogen-bond donors (Lipinski definition) is 5. The van der Waals surface area contributed by atoms with E-state index in [4.69, 9.17) is 10.5 Å². The zero-order valence-corrected chi connectivity index (χ0v) is 18.7. The first-order valence-electron chi connectivity index (χ1n) is 10.8. The molecule has 6 N–H and O–H groups in total. The summed E-state index contributed by atoms with van der Waals surface area (Å²) in [5, 5.41) is 8.31. The molecule has 0 saturated carbocycles. The summed E-state index contributed by atoms with van der Waals surface area (Å²) in [5.74, 6) is -0.298. The van der Waals surface area contributed by atoms with Crippen molar-refractivity contribution in [1.82, 2.24) is 9.88 Å². The minimum Gasteiger partial charge on any atom is -0.379 e. The molecule has 10 nitrogen and oxygen atoms in total. The third kappa shape index (κ3) is 5.07. The van der Waals surface area contributed by atoms with Gasteiger partial charge in [-0.3, -0.25) is 14.5 Å². The molecule has 2 aliphatic rings. The Morgan fingerprint density at radius 2 is 1.97 bits per heavy atom. The van der Waals surface area contributed by atoms with Crippen LogP contribution in [-0.4, -0.2) is 60.6 Å². The van der Waals surface area contributed by atoms with Crippen LogP contribution in [0.5, 0.6) is 0 Å². The predicted octanol–water partition coefficient (Wildman–Crippen LogP) is 2.28. The summed E-state index contributed by atoms with van der Waals surface area (Å²) >= 11 is 0. The van der Waals surface area contributed by atoms with E-state index in [-0.39, 0.29) is 11.8 Å². The maximum absolute atomic E-state index is 12.6. The Balaban J connectivity index is 1.49. The van der Waals surface area contributed by atoms with Crippen molar-refractivity contribution in [3.05, 3.63) is 40.7 Å². The molecule has 1 fully saturated rings. The van der Waals surface area contributed by atoms with Crippen LogP contribution in [0.15, 0.2) is 18.2 Å².